The lowest BCUT2D eigenvalue weighted by molar-refractivity contribution is -0.136. The van der Waals surface area contributed by atoms with Crippen LogP contribution in [0, 0.1) is 0 Å². The van der Waals surface area contributed by atoms with E-state index in [-0.39, 0.29) is 16.3 Å². The zero-order valence-corrected chi connectivity index (χ0v) is 14.4. The highest BCUT2D eigenvalue weighted by molar-refractivity contribution is 7.92. The third kappa shape index (κ3) is 4.14. The Morgan fingerprint density at radius 3 is 2.48 bits per heavy atom. The molecule has 0 radical (unpaired) electrons. The van der Waals surface area contributed by atoms with Gasteiger partial charge in [-0.1, -0.05) is 0 Å². The predicted molar refractivity (Wildman–Crippen MR) is 86.1 cm³/mol. The number of carbonyl (C=O) groups is 1. The van der Waals surface area contributed by atoms with E-state index < -0.39 is 29.6 Å². The molecule has 0 aliphatic heterocycles. The summed E-state index contributed by atoms with van der Waals surface area (Å²) < 4.78 is 56.6. The maximum Gasteiger partial charge on any atom is 0.420 e. The summed E-state index contributed by atoms with van der Waals surface area (Å²) in [6, 6.07) is 0. The van der Waals surface area contributed by atoms with Crippen molar-refractivity contribution in [1.82, 2.24) is 18.9 Å². The van der Waals surface area contributed by atoms with E-state index in [2.05, 4.69) is 19.7 Å². The third-order valence-corrected chi connectivity index (χ3v) is 4.09. The molecule has 0 aromatic carbocycles. The van der Waals surface area contributed by atoms with Crippen LogP contribution in [0.4, 0.5) is 17.1 Å². The summed E-state index contributed by atoms with van der Waals surface area (Å²) in [6.45, 7) is 0. The monoisotopic (exact) mass is 394 g/mol. The molecule has 12 heteroatoms. The van der Waals surface area contributed by atoms with E-state index in [4.69, 9.17) is 0 Å². The maximum absolute atomic E-state index is 13.0. The fourth-order valence-corrected chi connectivity index (χ4v) is 2.83. The summed E-state index contributed by atoms with van der Waals surface area (Å²) >= 11 is 0.574. The van der Waals surface area contributed by atoms with E-state index in [1.165, 1.54) is 12.4 Å². The molecule has 0 atom stereocenters. The van der Waals surface area contributed by atoms with Gasteiger partial charge in [0.15, 0.2) is 29.3 Å². The van der Waals surface area contributed by atoms with E-state index in [1.54, 1.807) is 14.2 Å². The fraction of sp³-hybridized carbons (Fsp3) is 0.231. The molecule has 6 nitrogen and oxygen atoms in total. The molecule has 3 rings (SSSR count). The van der Waals surface area contributed by atoms with Crippen molar-refractivity contribution in [2.24, 2.45) is 0 Å². The van der Waals surface area contributed by atoms with Crippen LogP contribution in [-0.4, -0.2) is 39.4 Å². The number of hydrogen-bond donors (Lipinski definition) is 0. The molecule has 25 heavy (non-hydrogen) atoms. The van der Waals surface area contributed by atoms with Crippen LogP contribution in [0.1, 0.15) is 15.4 Å². The molecule has 0 fully saturated rings. The van der Waals surface area contributed by atoms with Gasteiger partial charge in [-0.2, -0.15) is 13.2 Å². The molecule has 0 saturated carbocycles. The Kier molecular flexibility index (Phi) is 6.08. The van der Waals surface area contributed by atoms with Gasteiger partial charge in [-0.05, 0) is 0 Å². The second kappa shape index (κ2) is 7.89. The molecule has 0 unspecified atom stereocenters. The van der Waals surface area contributed by atoms with Gasteiger partial charge in [0.1, 0.15) is 16.8 Å². The summed E-state index contributed by atoms with van der Waals surface area (Å²) in [6.07, 6.45) is -1.04. The minimum Gasteiger partial charge on any atom is -0.388 e. The molecular weight excluding hydrogens is 384 g/mol. The number of nitrogens with zero attached hydrogens (tertiary/aromatic N) is 4. The van der Waals surface area contributed by atoms with Crippen LogP contribution in [-0.2, 0) is 10.9 Å². The Balaban J connectivity index is 0.000000701. The van der Waals surface area contributed by atoms with E-state index in [0.29, 0.717) is 21.3 Å². The van der Waals surface area contributed by atoms with Gasteiger partial charge >= 0.3 is 6.18 Å². The standard InChI is InChI=1S/C11H4F4N4OS2.C2H6O/c12-11(13,14)5-3-19(22-15)10-9(5)18-6(1-17-10)7-2-16-8(4-20)21-7;1-3-2/h1-4H;1-2H3. The number of alkyl halides is 3. The molecule has 0 saturated heterocycles. The number of methoxy groups -OCH3 is 1. The molecule has 0 bridgehead atoms. The number of carbonyl (C=O) groups excluding carboxylic acids is 1. The minimum absolute atomic E-state index is 0.130. The smallest absolute Gasteiger partial charge is 0.388 e. The van der Waals surface area contributed by atoms with Crippen LogP contribution in [0.3, 0.4) is 0 Å². The molecular formula is C13H10F4N4O2S2. The summed E-state index contributed by atoms with van der Waals surface area (Å²) in [4.78, 5) is 22.5. The van der Waals surface area contributed by atoms with Crippen LogP contribution >= 0.6 is 23.7 Å². The van der Waals surface area contributed by atoms with Gasteiger partial charge in [0.25, 0.3) is 0 Å². The van der Waals surface area contributed by atoms with Gasteiger partial charge in [-0.25, -0.2) is 18.9 Å². The first-order valence-electron chi connectivity index (χ1n) is 6.41. The lowest BCUT2D eigenvalue weighted by Gasteiger charge is -2.03. The average Bonchev–Trinajstić information content (AvgIpc) is 3.19. The van der Waals surface area contributed by atoms with Crippen molar-refractivity contribution in [1.29, 1.82) is 0 Å². The summed E-state index contributed by atoms with van der Waals surface area (Å²) in [7, 11) is 3.25. The molecule has 0 aliphatic rings. The topological polar surface area (TPSA) is 69.9 Å². The second-order valence-corrected chi connectivity index (χ2v) is 6.05. The van der Waals surface area contributed by atoms with Crippen LogP contribution in [0.15, 0.2) is 18.6 Å². The molecule has 0 amide bonds. The van der Waals surface area contributed by atoms with Gasteiger partial charge in [0.2, 0.25) is 0 Å². The molecule has 134 valence electrons. The highest BCUT2D eigenvalue weighted by Crippen LogP contribution is 2.37. The van der Waals surface area contributed by atoms with E-state index >= 15 is 0 Å². The number of thiazole rings is 1. The van der Waals surface area contributed by atoms with Crippen molar-refractivity contribution in [3.8, 4) is 10.6 Å². The third-order valence-electron chi connectivity index (χ3n) is 2.72. The first-order chi connectivity index (χ1) is 11.8. The van der Waals surface area contributed by atoms with Crippen LogP contribution in [0.2, 0.25) is 0 Å². The maximum atomic E-state index is 13.0. The van der Waals surface area contributed by atoms with E-state index in [9.17, 15) is 21.9 Å². The quantitative estimate of drug-likeness (QED) is 0.494. The fourth-order valence-electron chi connectivity index (χ4n) is 1.80. The second-order valence-electron chi connectivity index (χ2n) is 4.45. The average molecular weight is 394 g/mol. The number of fused-ring (bicyclic) bond motifs is 1. The lowest BCUT2D eigenvalue weighted by Crippen LogP contribution is -2.04. The molecule has 3 aromatic rings. The molecule has 0 N–H and O–H groups in total. The highest BCUT2D eigenvalue weighted by atomic mass is 32.2. The number of ether oxygens (including phenoxy) is 1. The van der Waals surface area contributed by atoms with Crippen molar-refractivity contribution >= 4 is 41.1 Å². The van der Waals surface area contributed by atoms with Crippen molar-refractivity contribution < 1.29 is 26.6 Å². The first-order valence-corrected chi connectivity index (χ1v) is 7.90. The SMILES string of the molecule is COC.O=Cc1ncc(-c2cnc3c(n2)c(C(F)(F)F)cn3SF)s1. The van der Waals surface area contributed by atoms with Crippen LogP contribution in [0.25, 0.3) is 21.7 Å². The molecule has 3 heterocycles. The molecule has 0 spiro atoms. The normalized spacial score (nSPS) is 11.3. The number of aromatic nitrogens is 4. The van der Waals surface area contributed by atoms with Gasteiger partial charge in [0, 0.05) is 26.6 Å². The van der Waals surface area contributed by atoms with Crippen molar-refractivity contribution in [2.75, 3.05) is 14.2 Å². The van der Waals surface area contributed by atoms with Gasteiger partial charge in [0.05, 0.1) is 11.1 Å². The van der Waals surface area contributed by atoms with Crippen LogP contribution < -0.4 is 0 Å². The zero-order valence-electron chi connectivity index (χ0n) is 12.7. The number of hydrogen-bond acceptors (Lipinski definition) is 7. The summed E-state index contributed by atoms with van der Waals surface area (Å²) in [5.74, 6) is 0. The minimum atomic E-state index is -4.69. The lowest BCUT2D eigenvalue weighted by atomic mass is 10.3. The van der Waals surface area contributed by atoms with Crippen molar-refractivity contribution in [3.05, 3.63) is 29.2 Å². The van der Waals surface area contributed by atoms with Gasteiger partial charge in [-0.3, -0.25) is 4.79 Å². The Morgan fingerprint density at radius 1 is 1.28 bits per heavy atom. The van der Waals surface area contributed by atoms with Crippen molar-refractivity contribution in [3.63, 3.8) is 0 Å². The predicted octanol–water partition coefficient (Wildman–Crippen LogP) is 4.03. The number of halogens is 4. The Hall–Kier alpha value is -2.05. The van der Waals surface area contributed by atoms with E-state index in [1.807, 2.05) is 0 Å². The Bertz CT molecular complexity index is 879. The highest BCUT2D eigenvalue weighted by Gasteiger charge is 2.36. The summed E-state index contributed by atoms with van der Waals surface area (Å²) in [5.41, 5.74) is -1.65. The molecule has 0 aliphatic carbocycles. The van der Waals surface area contributed by atoms with Crippen molar-refractivity contribution in [2.45, 2.75) is 6.18 Å². The number of rotatable bonds is 3. The Morgan fingerprint density at radius 2 is 1.96 bits per heavy atom. The number of aldehydes is 1. The van der Waals surface area contributed by atoms with E-state index in [0.717, 1.165) is 11.3 Å². The van der Waals surface area contributed by atoms with Gasteiger partial charge in [-0.15, -0.1) is 15.2 Å². The Labute approximate surface area is 147 Å². The van der Waals surface area contributed by atoms with Gasteiger partial charge < -0.3 is 4.74 Å². The summed E-state index contributed by atoms with van der Waals surface area (Å²) in [5, 5.41) is 0.171. The molecule has 3 aromatic heterocycles. The largest absolute Gasteiger partial charge is 0.420 e. The zero-order chi connectivity index (χ0) is 18.6. The first kappa shape index (κ1) is 19.3. The van der Waals surface area contributed by atoms with Crippen LogP contribution in [0.5, 0.6) is 0 Å².